The van der Waals surface area contributed by atoms with Gasteiger partial charge in [0.25, 0.3) is 0 Å². The number of hydrogen-bond donors (Lipinski definition) is 0. The molecule has 0 aromatic heterocycles. The van der Waals surface area contributed by atoms with Crippen molar-refractivity contribution in [2.45, 2.75) is 44.0 Å². The van der Waals surface area contributed by atoms with Crippen molar-refractivity contribution >= 4 is 0 Å². The molecule has 86 valence electrons. The van der Waals surface area contributed by atoms with Gasteiger partial charge in [0.2, 0.25) is 0 Å². The Kier molecular flexibility index (Phi) is 3.78. The summed E-state index contributed by atoms with van der Waals surface area (Å²) in [5.74, 6) is -0.252. The Bertz CT molecular complexity index is 199. The molecule has 0 amide bonds. The first kappa shape index (κ1) is 11.1. The molecule has 1 saturated heterocycles. The first-order valence-corrected chi connectivity index (χ1v) is 5.85. The summed E-state index contributed by atoms with van der Waals surface area (Å²) in [5, 5.41) is 0. The lowest BCUT2D eigenvalue weighted by molar-refractivity contribution is -0.191. The third-order valence-electron chi connectivity index (χ3n) is 3.18. The Morgan fingerprint density at radius 2 is 1.93 bits per heavy atom. The van der Waals surface area contributed by atoms with E-state index in [-0.39, 0.29) is 5.79 Å². The van der Waals surface area contributed by atoms with Gasteiger partial charge in [0.05, 0.1) is 25.9 Å². The van der Waals surface area contributed by atoms with E-state index in [1.54, 1.807) is 0 Å². The fourth-order valence-electron chi connectivity index (χ4n) is 2.30. The van der Waals surface area contributed by atoms with Gasteiger partial charge in [-0.1, -0.05) is 6.08 Å². The van der Waals surface area contributed by atoms with Crippen LogP contribution in [0.1, 0.15) is 32.1 Å². The van der Waals surface area contributed by atoms with Gasteiger partial charge < -0.3 is 14.2 Å². The predicted molar refractivity (Wildman–Crippen MR) is 57.7 cm³/mol. The van der Waals surface area contributed by atoms with Crippen molar-refractivity contribution in [1.29, 1.82) is 0 Å². The second kappa shape index (κ2) is 5.10. The van der Waals surface area contributed by atoms with Gasteiger partial charge in [-0.05, 0) is 19.3 Å². The molecule has 1 spiro atoms. The Morgan fingerprint density at radius 3 is 2.53 bits per heavy atom. The molecule has 0 aromatic rings. The predicted octanol–water partition coefficient (Wildman–Crippen LogP) is 2.26. The van der Waals surface area contributed by atoms with Crippen LogP contribution in [0.2, 0.25) is 0 Å². The number of ether oxygens (including phenoxy) is 3. The molecular formula is C12H20O3. The lowest BCUT2D eigenvalue weighted by Gasteiger charge is -2.35. The van der Waals surface area contributed by atoms with Crippen LogP contribution >= 0.6 is 0 Å². The molecule has 0 bridgehead atoms. The van der Waals surface area contributed by atoms with Gasteiger partial charge in [-0.2, -0.15) is 0 Å². The van der Waals surface area contributed by atoms with Crippen LogP contribution in [0.3, 0.4) is 0 Å². The van der Waals surface area contributed by atoms with Gasteiger partial charge in [-0.25, -0.2) is 0 Å². The molecule has 3 nitrogen and oxygen atoms in total. The van der Waals surface area contributed by atoms with Gasteiger partial charge in [0.15, 0.2) is 5.79 Å². The Labute approximate surface area is 91.4 Å². The van der Waals surface area contributed by atoms with Gasteiger partial charge in [-0.15, -0.1) is 6.58 Å². The average Bonchev–Trinajstić information content (AvgIpc) is 2.71. The molecule has 2 fully saturated rings. The van der Waals surface area contributed by atoms with E-state index in [1.165, 1.54) is 0 Å². The molecule has 0 radical (unpaired) electrons. The van der Waals surface area contributed by atoms with Gasteiger partial charge in [0.1, 0.15) is 0 Å². The Morgan fingerprint density at radius 1 is 1.27 bits per heavy atom. The Balaban J connectivity index is 1.69. The topological polar surface area (TPSA) is 27.7 Å². The van der Waals surface area contributed by atoms with Gasteiger partial charge in [-0.3, -0.25) is 0 Å². The summed E-state index contributed by atoms with van der Waals surface area (Å²) in [4.78, 5) is 0. The van der Waals surface area contributed by atoms with Crippen LogP contribution in [0.25, 0.3) is 0 Å². The zero-order valence-corrected chi connectivity index (χ0v) is 9.24. The molecule has 0 atom stereocenters. The van der Waals surface area contributed by atoms with Crippen LogP contribution in [-0.2, 0) is 14.2 Å². The monoisotopic (exact) mass is 212 g/mol. The second-order valence-corrected chi connectivity index (χ2v) is 4.26. The van der Waals surface area contributed by atoms with E-state index in [0.717, 1.165) is 51.9 Å². The maximum absolute atomic E-state index is 5.74. The number of hydrogen-bond acceptors (Lipinski definition) is 3. The van der Waals surface area contributed by atoms with E-state index in [9.17, 15) is 0 Å². The molecular weight excluding hydrogens is 192 g/mol. The zero-order chi connectivity index (χ0) is 10.6. The van der Waals surface area contributed by atoms with Crippen LogP contribution in [0.15, 0.2) is 12.7 Å². The Hall–Kier alpha value is -0.380. The maximum Gasteiger partial charge on any atom is 0.168 e. The van der Waals surface area contributed by atoms with Crippen LogP contribution in [0, 0.1) is 0 Å². The summed E-state index contributed by atoms with van der Waals surface area (Å²) in [7, 11) is 0. The van der Waals surface area contributed by atoms with E-state index in [4.69, 9.17) is 14.2 Å². The molecule has 2 rings (SSSR count). The average molecular weight is 212 g/mol. The SMILES string of the molecule is C=CCCOC1CCC2(CC1)OCCO2. The highest BCUT2D eigenvalue weighted by Crippen LogP contribution is 2.36. The highest BCUT2D eigenvalue weighted by Gasteiger charge is 2.40. The zero-order valence-electron chi connectivity index (χ0n) is 9.24. The summed E-state index contributed by atoms with van der Waals surface area (Å²) in [6.45, 7) is 5.98. The molecule has 0 N–H and O–H groups in total. The first-order chi connectivity index (χ1) is 7.35. The van der Waals surface area contributed by atoms with E-state index >= 15 is 0 Å². The normalized spacial score (nSPS) is 25.9. The van der Waals surface area contributed by atoms with Crippen molar-refractivity contribution in [2.24, 2.45) is 0 Å². The van der Waals surface area contributed by atoms with E-state index in [1.807, 2.05) is 6.08 Å². The molecule has 0 unspecified atom stereocenters. The van der Waals surface area contributed by atoms with Crippen molar-refractivity contribution in [2.75, 3.05) is 19.8 Å². The lowest BCUT2D eigenvalue weighted by Crippen LogP contribution is -2.37. The largest absolute Gasteiger partial charge is 0.378 e. The smallest absolute Gasteiger partial charge is 0.168 e. The highest BCUT2D eigenvalue weighted by atomic mass is 16.7. The third-order valence-corrected chi connectivity index (χ3v) is 3.18. The lowest BCUT2D eigenvalue weighted by atomic mass is 9.92. The van der Waals surface area contributed by atoms with Crippen molar-refractivity contribution < 1.29 is 14.2 Å². The van der Waals surface area contributed by atoms with Gasteiger partial charge >= 0.3 is 0 Å². The molecule has 1 heterocycles. The molecule has 0 aromatic carbocycles. The molecule has 3 heteroatoms. The minimum absolute atomic E-state index is 0.252. The summed E-state index contributed by atoms with van der Waals surface area (Å²) in [6.07, 6.45) is 7.29. The van der Waals surface area contributed by atoms with E-state index in [2.05, 4.69) is 6.58 Å². The summed E-state index contributed by atoms with van der Waals surface area (Å²) >= 11 is 0. The number of rotatable bonds is 4. The summed E-state index contributed by atoms with van der Waals surface area (Å²) in [6, 6.07) is 0. The van der Waals surface area contributed by atoms with Crippen molar-refractivity contribution in [3.05, 3.63) is 12.7 Å². The fourth-order valence-corrected chi connectivity index (χ4v) is 2.30. The van der Waals surface area contributed by atoms with Crippen molar-refractivity contribution in [1.82, 2.24) is 0 Å². The molecule has 1 aliphatic heterocycles. The molecule has 2 aliphatic rings. The van der Waals surface area contributed by atoms with Crippen molar-refractivity contribution in [3.63, 3.8) is 0 Å². The van der Waals surface area contributed by atoms with Crippen molar-refractivity contribution in [3.8, 4) is 0 Å². The minimum Gasteiger partial charge on any atom is -0.378 e. The van der Waals surface area contributed by atoms with E-state index < -0.39 is 0 Å². The molecule has 1 aliphatic carbocycles. The molecule has 15 heavy (non-hydrogen) atoms. The minimum atomic E-state index is -0.252. The second-order valence-electron chi connectivity index (χ2n) is 4.26. The quantitative estimate of drug-likeness (QED) is 0.528. The van der Waals surface area contributed by atoms with Crippen LogP contribution in [0.5, 0.6) is 0 Å². The fraction of sp³-hybridized carbons (Fsp3) is 0.833. The summed E-state index contributed by atoms with van der Waals surface area (Å²) < 4.78 is 17.1. The standard InChI is InChI=1S/C12H20O3/c1-2-3-8-13-11-4-6-12(7-5-11)14-9-10-15-12/h2,11H,1,3-10H2. The third kappa shape index (κ3) is 2.80. The van der Waals surface area contributed by atoms with Crippen LogP contribution in [0.4, 0.5) is 0 Å². The first-order valence-electron chi connectivity index (χ1n) is 5.85. The van der Waals surface area contributed by atoms with Crippen LogP contribution in [-0.4, -0.2) is 31.7 Å². The van der Waals surface area contributed by atoms with Crippen LogP contribution < -0.4 is 0 Å². The highest BCUT2D eigenvalue weighted by molar-refractivity contribution is 4.83. The van der Waals surface area contributed by atoms with E-state index in [0.29, 0.717) is 6.10 Å². The molecule has 1 saturated carbocycles. The maximum atomic E-state index is 5.74. The van der Waals surface area contributed by atoms with Gasteiger partial charge in [0, 0.05) is 12.8 Å². The summed E-state index contributed by atoms with van der Waals surface area (Å²) in [5.41, 5.74) is 0.